The molecule has 88 valence electrons. The second-order valence-electron chi connectivity index (χ2n) is 4.44. The van der Waals surface area contributed by atoms with E-state index in [1.807, 2.05) is 19.1 Å². The Morgan fingerprint density at radius 3 is 3.12 bits per heavy atom. The highest BCUT2D eigenvalue weighted by atomic mass is 16.5. The summed E-state index contributed by atoms with van der Waals surface area (Å²) < 4.78 is 5.14. The number of aromatic nitrogens is 2. The zero-order chi connectivity index (χ0) is 11.7. The summed E-state index contributed by atoms with van der Waals surface area (Å²) in [4.78, 5) is 4.60. The van der Waals surface area contributed by atoms with Crippen molar-refractivity contribution >= 4 is 5.82 Å². The molecule has 1 aliphatic rings. The average molecular weight is 229 g/mol. The molecule has 0 radical (unpaired) electrons. The number of nitrogens with one attached hydrogen (secondary N) is 1. The molecule has 0 fully saturated rings. The number of pyridine rings is 1. The number of fused-ring (bicyclic) bond motifs is 1. The fourth-order valence-electron chi connectivity index (χ4n) is 2.20. The van der Waals surface area contributed by atoms with Gasteiger partial charge in [0.25, 0.3) is 0 Å². The monoisotopic (exact) mass is 229 g/mol. The summed E-state index contributed by atoms with van der Waals surface area (Å²) >= 11 is 0. The van der Waals surface area contributed by atoms with Crippen LogP contribution in [-0.2, 0) is 19.4 Å². The summed E-state index contributed by atoms with van der Waals surface area (Å²) in [6.07, 6.45) is 3.50. The van der Waals surface area contributed by atoms with E-state index in [1.165, 1.54) is 24.1 Å². The zero-order valence-corrected chi connectivity index (χ0v) is 9.86. The molecule has 0 unspecified atom stereocenters. The zero-order valence-electron chi connectivity index (χ0n) is 9.86. The number of rotatable bonds is 3. The van der Waals surface area contributed by atoms with Crippen LogP contribution in [0.2, 0.25) is 0 Å². The molecular weight excluding hydrogens is 214 g/mol. The highest BCUT2D eigenvalue weighted by molar-refractivity contribution is 5.40. The quantitative estimate of drug-likeness (QED) is 0.878. The normalized spacial score (nSPS) is 13.7. The van der Waals surface area contributed by atoms with E-state index in [9.17, 15) is 0 Å². The van der Waals surface area contributed by atoms with Gasteiger partial charge in [-0.3, -0.25) is 0 Å². The molecule has 0 atom stereocenters. The maximum Gasteiger partial charge on any atom is 0.156 e. The Morgan fingerprint density at radius 2 is 2.29 bits per heavy atom. The molecule has 2 aromatic rings. The van der Waals surface area contributed by atoms with Crippen LogP contribution < -0.4 is 5.32 Å². The molecule has 17 heavy (non-hydrogen) atoms. The summed E-state index contributed by atoms with van der Waals surface area (Å²) in [6.45, 7) is 2.55. The summed E-state index contributed by atoms with van der Waals surface area (Å²) in [5.74, 6) is 1.75. The van der Waals surface area contributed by atoms with Crippen molar-refractivity contribution in [3.8, 4) is 0 Å². The van der Waals surface area contributed by atoms with E-state index in [0.717, 1.165) is 23.7 Å². The van der Waals surface area contributed by atoms with Crippen LogP contribution in [0.25, 0.3) is 0 Å². The first-order valence-corrected chi connectivity index (χ1v) is 5.96. The van der Waals surface area contributed by atoms with E-state index in [-0.39, 0.29) is 0 Å². The topological polar surface area (TPSA) is 51.0 Å². The summed E-state index contributed by atoms with van der Waals surface area (Å²) in [5, 5.41) is 7.11. The lowest BCUT2D eigenvalue weighted by Gasteiger charge is -2.05. The van der Waals surface area contributed by atoms with Gasteiger partial charge >= 0.3 is 0 Å². The van der Waals surface area contributed by atoms with Gasteiger partial charge in [0, 0.05) is 11.8 Å². The van der Waals surface area contributed by atoms with Crippen LogP contribution in [0.1, 0.15) is 29.1 Å². The molecule has 4 nitrogen and oxygen atoms in total. The minimum Gasteiger partial charge on any atom is -0.363 e. The molecule has 0 bridgehead atoms. The standard InChI is InChI=1S/C13H15N3O/c1-9-7-11(17-16-9)8-14-13-6-5-10-3-2-4-12(10)15-13/h5-7H,2-4,8H2,1H3,(H,14,15). The number of anilines is 1. The average Bonchev–Trinajstić information content (AvgIpc) is 2.94. The first-order chi connectivity index (χ1) is 8.31. The summed E-state index contributed by atoms with van der Waals surface area (Å²) in [6, 6.07) is 6.14. The maximum absolute atomic E-state index is 5.14. The van der Waals surface area contributed by atoms with Gasteiger partial charge in [0.15, 0.2) is 5.76 Å². The lowest BCUT2D eigenvalue weighted by molar-refractivity contribution is 0.384. The van der Waals surface area contributed by atoms with Crippen molar-refractivity contribution in [3.05, 3.63) is 40.9 Å². The van der Waals surface area contributed by atoms with Gasteiger partial charge in [-0.15, -0.1) is 0 Å². The van der Waals surface area contributed by atoms with Crippen molar-refractivity contribution in [1.82, 2.24) is 10.1 Å². The van der Waals surface area contributed by atoms with E-state index in [0.29, 0.717) is 6.54 Å². The van der Waals surface area contributed by atoms with E-state index < -0.39 is 0 Å². The Morgan fingerprint density at radius 1 is 1.35 bits per heavy atom. The van der Waals surface area contributed by atoms with Crippen molar-refractivity contribution in [3.63, 3.8) is 0 Å². The largest absolute Gasteiger partial charge is 0.363 e. The molecule has 0 saturated carbocycles. The van der Waals surface area contributed by atoms with Crippen LogP contribution in [0, 0.1) is 6.92 Å². The van der Waals surface area contributed by atoms with Crippen LogP contribution in [0.15, 0.2) is 22.7 Å². The Kier molecular flexibility index (Phi) is 2.55. The predicted molar refractivity (Wildman–Crippen MR) is 64.8 cm³/mol. The van der Waals surface area contributed by atoms with Gasteiger partial charge in [0.05, 0.1) is 12.2 Å². The molecule has 0 saturated heterocycles. The fourth-order valence-corrected chi connectivity index (χ4v) is 2.20. The molecule has 2 heterocycles. The molecule has 1 N–H and O–H groups in total. The molecule has 2 aromatic heterocycles. The van der Waals surface area contributed by atoms with Crippen LogP contribution >= 0.6 is 0 Å². The molecule has 3 rings (SSSR count). The smallest absolute Gasteiger partial charge is 0.156 e. The van der Waals surface area contributed by atoms with Crippen molar-refractivity contribution in [1.29, 1.82) is 0 Å². The summed E-state index contributed by atoms with van der Waals surface area (Å²) in [7, 11) is 0. The Labute approximate surface area is 100 Å². The predicted octanol–water partition coefficient (Wildman–Crippen LogP) is 2.48. The highest BCUT2D eigenvalue weighted by Crippen LogP contribution is 2.21. The minimum atomic E-state index is 0.632. The van der Waals surface area contributed by atoms with Gasteiger partial charge in [-0.2, -0.15) is 0 Å². The molecule has 0 aromatic carbocycles. The van der Waals surface area contributed by atoms with Crippen LogP contribution in [0.3, 0.4) is 0 Å². The third-order valence-electron chi connectivity index (χ3n) is 3.05. The first-order valence-electron chi connectivity index (χ1n) is 5.96. The number of nitrogens with zero attached hydrogens (tertiary/aromatic N) is 2. The fraction of sp³-hybridized carbons (Fsp3) is 0.385. The second kappa shape index (κ2) is 4.20. The third-order valence-corrected chi connectivity index (χ3v) is 3.05. The van der Waals surface area contributed by atoms with Gasteiger partial charge in [-0.25, -0.2) is 4.98 Å². The van der Waals surface area contributed by atoms with E-state index in [1.54, 1.807) is 0 Å². The SMILES string of the molecule is Cc1cc(CNc2ccc3c(n2)CCC3)on1. The maximum atomic E-state index is 5.14. The summed E-state index contributed by atoms with van der Waals surface area (Å²) in [5.41, 5.74) is 3.54. The first kappa shape index (κ1) is 10.3. The molecule has 0 amide bonds. The third kappa shape index (κ3) is 2.16. The Hall–Kier alpha value is -1.84. The van der Waals surface area contributed by atoms with Gasteiger partial charge in [0.1, 0.15) is 5.82 Å². The van der Waals surface area contributed by atoms with E-state index in [4.69, 9.17) is 4.52 Å². The van der Waals surface area contributed by atoms with Gasteiger partial charge in [-0.1, -0.05) is 11.2 Å². The highest BCUT2D eigenvalue weighted by Gasteiger charge is 2.12. The van der Waals surface area contributed by atoms with Gasteiger partial charge in [-0.05, 0) is 37.8 Å². The van der Waals surface area contributed by atoms with Crippen molar-refractivity contribution in [2.24, 2.45) is 0 Å². The number of aryl methyl sites for hydroxylation is 3. The molecular formula is C13H15N3O. The number of hydrogen-bond donors (Lipinski definition) is 1. The van der Waals surface area contributed by atoms with Crippen molar-refractivity contribution in [2.75, 3.05) is 5.32 Å². The Balaban J connectivity index is 1.69. The van der Waals surface area contributed by atoms with Crippen molar-refractivity contribution in [2.45, 2.75) is 32.7 Å². The molecule has 0 spiro atoms. The van der Waals surface area contributed by atoms with Crippen LogP contribution in [-0.4, -0.2) is 10.1 Å². The lowest BCUT2D eigenvalue weighted by atomic mass is 10.2. The van der Waals surface area contributed by atoms with Crippen molar-refractivity contribution < 1.29 is 4.52 Å². The molecule has 1 aliphatic carbocycles. The Bertz CT molecular complexity index is 533. The molecule has 4 heteroatoms. The minimum absolute atomic E-state index is 0.632. The van der Waals surface area contributed by atoms with Crippen LogP contribution in [0.4, 0.5) is 5.82 Å². The number of hydrogen-bond acceptors (Lipinski definition) is 4. The van der Waals surface area contributed by atoms with Gasteiger partial charge in [0.2, 0.25) is 0 Å². The second-order valence-corrected chi connectivity index (χ2v) is 4.44. The van der Waals surface area contributed by atoms with E-state index in [2.05, 4.69) is 21.5 Å². The van der Waals surface area contributed by atoms with E-state index >= 15 is 0 Å². The van der Waals surface area contributed by atoms with Gasteiger partial charge < -0.3 is 9.84 Å². The van der Waals surface area contributed by atoms with Crippen LogP contribution in [0.5, 0.6) is 0 Å². The lowest BCUT2D eigenvalue weighted by Crippen LogP contribution is -2.02. The molecule has 0 aliphatic heterocycles.